The Balaban J connectivity index is 2.22. The van der Waals surface area contributed by atoms with Gasteiger partial charge in [-0.2, -0.15) is 11.3 Å². The molecule has 1 heterocycles. The van der Waals surface area contributed by atoms with Crippen molar-refractivity contribution in [1.82, 2.24) is 0 Å². The van der Waals surface area contributed by atoms with E-state index in [2.05, 4.69) is 16.8 Å². The van der Waals surface area contributed by atoms with Gasteiger partial charge in [-0.25, -0.2) is 0 Å². The van der Waals surface area contributed by atoms with E-state index in [-0.39, 0.29) is 10.8 Å². The maximum Gasteiger partial charge on any atom is 0.0377 e. The van der Waals surface area contributed by atoms with Crippen molar-refractivity contribution in [3.63, 3.8) is 0 Å². The van der Waals surface area contributed by atoms with E-state index in [9.17, 15) is 0 Å². The van der Waals surface area contributed by atoms with Gasteiger partial charge in [0.2, 0.25) is 0 Å². The minimum absolute atomic E-state index is 0.232. The fourth-order valence-corrected chi connectivity index (χ4v) is 2.29. The molecule has 0 saturated heterocycles. The molecule has 0 nitrogen and oxygen atoms in total. The maximum absolute atomic E-state index is 6.16. The first-order valence-corrected chi connectivity index (χ1v) is 6.29. The second-order valence-corrected chi connectivity index (χ2v) is 5.43. The molecular weight excluding hydrogens is 223 g/mol. The van der Waals surface area contributed by atoms with Crippen LogP contribution in [0.4, 0.5) is 0 Å². The number of alkyl halides is 2. The minimum Gasteiger partial charge on any atom is -0.152 e. The molecule has 0 aliphatic heterocycles. The van der Waals surface area contributed by atoms with E-state index < -0.39 is 0 Å². The summed E-state index contributed by atoms with van der Waals surface area (Å²) in [4.78, 5) is 0. The largest absolute Gasteiger partial charge is 0.152 e. The highest BCUT2D eigenvalue weighted by Gasteiger charge is 2.07. The summed E-state index contributed by atoms with van der Waals surface area (Å²) >= 11 is 13.7. The monoisotopic (exact) mass is 236 g/mol. The van der Waals surface area contributed by atoms with Gasteiger partial charge in [-0.15, -0.1) is 23.2 Å². The smallest absolute Gasteiger partial charge is 0.0377 e. The lowest BCUT2D eigenvalue weighted by Crippen LogP contribution is -2.05. The van der Waals surface area contributed by atoms with Crippen LogP contribution in [0.15, 0.2) is 16.8 Å². The van der Waals surface area contributed by atoms with Crippen molar-refractivity contribution >= 4 is 34.5 Å². The van der Waals surface area contributed by atoms with Crippen molar-refractivity contribution < 1.29 is 0 Å². The van der Waals surface area contributed by atoms with E-state index in [1.54, 1.807) is 11.3 Å². The van der Waals surface area contributed by atoms with Crippen LogP contribution in [0, 0.1) is 0 Å². The molecule has 2 unspecified atom stereocenters. The Bertz CT molecular complexity index is 219. The SMILES string of the molecule is CC(Cl)CCC(Cl)Cc1ccsc1. The lowest BCUT2D eigenvalue weighted by Gasteiger charge is -2.08. The Labute approximate surface area is 93.9 Å². The Kier molecular flexibility index (Phi) is 5.15. The number of hydrogen-bond donors (Lipinski definition) is 0. The summed E-state index contributed by atoms with van der Waals surface area (Å²) in [5.74, 6) is 0. The van der Waals surface area contributed by atoms with Crippen LogP contribution in [0.3, 0.4) is 0 Å². The molecule has 3 heteroatoms. The summed E-state index contributed by atoms with van der Waals surface area (Å²) in [6.07, 6.45) is 2.97. The second kappa shape index (κ2) is 5.90. The zero-order valence-corrected chi connectivity index (χ0v) is 10.0. The van der Waals surface area contributed by atoms with Crippen LogP contribution in [-0.4, -0.2) is 10.8 Å². The highest BCUT2D eigenvalue weighted by atomic mass is 35.5. The van der Waals surface area contributed by atoms with Crippen LogP contribution in [-0.2, 0) is 6.42 Å². The van der Waals surface area contributed by atoms with Crippen molar-refractivity contribution in [2.24, 2.45) is 0 Å². The summed E-state index contributed by atoms with van der Waals surface area (Å²) < 4.78 is 0. The molecule has 0 aliphatic carbocycles. The highest BCUT2D eigenvalue weighted by molar-refractivity contribution is 7.07. The molecule has 0 radical (unpaired) electrons. The number of thiophene rings is 1. The zero-order chi connectivity index (χ0) is 9.68. The first-order valence-electron chi connectivity index (χ1n) is 4.47. The van der Waals surface area contributed by atoms with Crippen LogP contribution < -0.4 is 0 Å². The minimum atomic E-state index is 0.232. The molecule has 74 valence electrons. The molecule has 0 saturated carbocycles. The molecule has 0 aliphatic rings. The van der Waals surface area contributed by atoms with Crippen molar-refractivity contribution in [3.8, 4) is 0 Å². The number of halogens is 2. The lowest BCUT2D eigenvalue weighted by atomic mass is 10.1. The van der Waals surface area contributed by atoms with Crippen LogP contribution >= 0.6 is 34.5 Å². The van der Waals surface area contributed by atoms with Crippen molar-refractivity contribution in [3.05, 3.63) is 22.4 Å². The molecule has 0 N–H and O–H groups in total. The Morgan fingerprint density at radius 1 is 1.38 bits per heavy atom. The molecule has 1 aromatic heterocycles. The van der Waals surface area contributed by atoms with Crippen molar-refractivity contribution in [2.45, 2.75) is 36.9 Å². The van der Waals surface area contributed by atoms with Gasteiger partial charge in [0.1, 0.15) is 0 Å². The molecule has 0 fully saturated rings. The molecule has 0 bridgehead atoms. The number of rotatable bonds is 5. The van der Waals surface area contributed by atoms with Crippen LogP contribution in [0.1, 0.15) is 25.3 Å². The van der Waals surface area contributed by atoms with Gasteiger partial charge in [0.25, 0.3) is 0 Å². The van der Waals surface area contributed by atoms with Gasteiger partial charge in [0.15, 0.2) is 0 Å². The van der Waals surface area contributed by atoms with Crippen LogP contribution in [0.5, 0.6) is 0 Å². The molecule has 1 aromatic rings. The normalized spacial score (nSPS) is 15.6. The first kappa shape index (κ1) is 11.4. The summed E-state index contributed by atoms with van der Waals surface area (Å²) in [6.45, 7) is 2.01. The molecule has 13 heavy (non-hydrogen) atoms. The van der Waals surface area contributed by atoms with Crippen LogP contribution in [0.25, 0.3) is 0 Å². The fourth-order valence-electron chi connectivity index (χ4n) is 1.18. The van der Waals surface area contributed by atoms with E-state index in [1.807, 2.05) is 6.92 Å². The van der Waals surface area contributed by atoms with Gasteiger partial charge >= 0.3 is 0 Å². The van der Waals surface area contributed by atoms with Crippen molar-refractivity contribution in [2.75, 3.05) is 0 Å². The predicted molar refractivity (Wildman–Crippen MR) is 62.2 cm³/mol. The molecule has 0 amide bonds. The van der Waals surface area contributed by atoms with E-state index in [0.717, 1.165) is 19.3 Å². The van der Waals surface area contributed by atoms with E-state index in [1.165, 1.54) is 5.56 Å². The number of hydrogen-bond acceptors (Lipinski definition) is 1. The third-order valence-electron chi connectivity index (χ3n) is 1.91. The molecule has 2 atom stereocenters. The topological polar surface area (TPSA) is 0 Å². The first-order chi connectivity index (χ1) is 6.18. The average Bonchev–Trinajstić information content (AvgIpc) is 2.53. The third-order valence-corrected chi connectivity index (χ3v) is 3.24. The Morgan fingerprint density at radius 3 is 2.69 bits per heavy atom. The van der Waals surface area contributed by atoms with Gasteiger partial charge in [0.05, 0.1) is 0 Å². The van der Waals surface area contributed by atoms with Gasteiger partial charge in [0, 0.05) is 10.8 Å². The van der Waals surface area contributed by atoms with E-state index in [4.69, 9.17) is 23.2 Å². The van der Waals surface area contributed by atoms with E-state index in [0.29, 0.717) is 0 Å². The quantitative estimate of drug-likeness (QED) is 0.669. The molecule has 0 spiro atoms. The van der Waals surface area contributed by atoms with Gasteiger partial charge in [-0.3, -0.25) is 0 Å². The fraction of sp³-hybridized carbons (Fsp3) is 0.600. The van der Waals surface area contributed by atoms with Gasteiger partial charge in [-0.05, 0) is 48.6 Å². The van der Waals surface area contributed by atoms with Gasteiger partial charge in [-0.1, -0.05) is 0 Å². The van der Waals surface area contributed by atoms with E-state index >= 15 is 0 Å². The van der Waals surface area contributed by atoms with Crippen LogP contribution in [0.2, 0.25) is 0 Å². The second-order valence-electron chi connectivity index (χ2n) is 3.29. The van der Waals surface area contributed by atoms with Gasteiger partial charge < -0.3 is 0 Å². The summed E-state index contributed by atoms with van der Waals surface area (Å²) in [5, 5.41) is 4.71. The predicted octanol–water partition coefficient (Wildman–Crippen LogP) is 4.31. The summed E-state index contributed by atoms with van der Waals surface area (Å²) in [7, 11) is 0. The Morgan fingerprint density at radius 2 is 2.15 bits per heavy atom. The highest BCUT2D eigenvalue weighted by Crippen LogP contribution is 2.17. The Hall–Kier alpha value is 0.280. The lowest BCUT2D eigenvalue weighted by molar-refractivity contribution is 0.679. The van der Waals surface area contributed by atoms with Crippen molar-refractivity contribution in [1.29, 1.82) is 0 Å². The molecular formula is C10H14Cl2S. The summed E-state index contributed by atoms with van der Waals surface area (Å²) in [6, 6.07) is 2.13. The summed E-state index contributed by atoms with van der Waals surface area (Å²) in [5.41, 5.74) is 1.34. The molecule has 0 aromatic carbocycles. The average molecular weight is 237 g/mol. The molecule has 1 rings (SSSR count). The maximum atomic E-state index is 6.16. The zero-order valence-electron chi connectivity index (χ0n) is 7.67. The third kappa shape index (κ3) is 4.90. The standard InChI is InChI=1S/C10H14Cl2S/c1-8(11)2-3-10(12)6-9-4-5-13-7-9/h4-5,7-8,10H,2-3,6H2,1H3.